The summed E-state index contributed by atoms with van der Waals surface area (Å²) in [5.74, 6) is 0.615. The molecule has 0 fully saturated rings. The van der Waals surface area contributed by atoms with Crippen LogP contribution in [0.25, 0.3) is 0 Å². The molecule has 1 unspecified atom stereocenters. The van der Waals surface area contributed by atoms with Crippen LogP contribution in [0.2, 0.25) is 5.02 Å². The lowest BCUT2D eigenvalue weighted by molar-refractivity contribution is -0.000286. The Bertz CT molecular complexity index is 218. The molecule has 0 aliphatic carbocycles. The summed E-state index contributed by atoms with van der Waals surface area (Å²) in [5, 5.41) is 9.48. The van der Waals surface area contributed by atoms with Crippen molar-refractivity contribution in [3.8, 4) is 5.75 Å². The summed E-state index contributed by atoms with van der Waals surface area (Å²) in [5.41, 5.74) is 0. The molecule has 0 bridgehead atoms. The largest absolute Gasteiger partial charge is 0.465 e. The van der Waals surface area contributed by atoms with Gasteiger partial charge in [-0.3, -0.25) is 0 Å². The summed E-state index contributed by atoms with van der Waals surface area (Å²) < 4.78 is 4.97. The van der Waals surface area contributed by atoms with Crippen molar-refractivity contribution in [2.75, 3.05) is 0 Å². The molecule has 3 heteroatoms. The number of rotatable bonds is 2. The molecule has 0 heterocycles. The number of benzene rings is 1. The highest BCUT2D eigenvalue weighted by Crippen LogP contribution is 2.15. The van der Waals surface area contributed by atoms with Gasteiger partial charge in [-0.1, -0.05) is 11.6 Å². The van der Waals surface area contributed by atoms with Crippen LogP contribution in [0.15, 0.2) is 24.3 Å². The Balaban J connectivity index is 2.66. The number of aliphatic hydroxyl groups is 1. The summed E-state index contributed by atoms with van der Waals surface area (Å²) in [6.45, 7) is 1.55. The van der Waals surface area contributed by atoms with Gasteiger partial charge in [-0.25, -0.2) is 0 Å². The summed E-state index contributed by atoms with van der Waals surface area (Å²) in [4.78, 5) is 0. The lowest BCUT2D eigenvalue weighted by Crippen LogP contribution is -2.09. The van der Waals surface area contributed by atoms with E-state index in [2.05, 4.69) is 0 Å². The van der Waals surface area contributed by atoms with Gasteiger partial charge >= 0.3 is 0 Å². The first-order valence-electron chi connectivity index (χ1n) is 3.29. The van der Waals surface area contributed by atoms with Crippen LogP contribution in [0.4, 0.5) is 0 Å². The topological polar surface area (TPSA) is 29.5 Å². The first-order chi connectivity index (χ1) is 5.18. The van der Waals surface area contributed by atoms with Gasteiger partial charge in [-0.05, 0) is 31.2 Å². The molecule has 0 saturated heterocycles. The number of aliphatic hydroxyl groups excluding tert-OH is 1. The predicted molar refractivity (Wildman–Crippen MR) is 43.8 cm³/mol. The number of halogens is 1. The predicted octanol–water partition coefficient (Wildman–Crippen LogP) is 2.06. The van der Waals surface area contributed by atoms with Gasteiger partial charge in [0.15, 0.2) is 6.29 Å². The van der Waals surface area contributed by atoms with Crippen molar-refractivity contribution in [3.05, 3.63) is 29.3 Å². The first-order valence-corrected chi connectivity index (χ1v) is 3.66. The Morgan fingerprint density at radius 2 is 1.91 bits per heavy atom. The molecule has 0 aromatic heterocycles. The molecule has 0 saturated carbocycles. The number of hydrogen-bond acceptors (Lipinski definition) is 2. The van der Waals surface area contributed by atoms with Crippen LogP contribution in [0, 0.1) is 0 Å². The SMILES string of the molecule is CC(O)Oc1ccc(Cl)cc1. The van der Waals surface area contributed by atoms with Crippen molar-refractivity contribution in [3.63, 3.8) is 0 Å². The molecule has 1 N–H and O–H groups in total. The highest BCUT2D eigenvalue weighted by atomic mass is 35.5. The fourth-order valence-corrected chi connectivity index (χ4v) is 0.836. The standard InChI is InChI=1S/C8H9ClO2/c1-6(10)11-8-4-2-7(9)3-5-8/h2-6,10H,1H3. The van der Waals surface area contributed by atoms with Crippen LogP contribution in [-0.4, -0.2) is 11.4 Å². The van der Waals surface area contributed by atoms with Gasteiger partial charge in [0.25, 0.3) is 0 Å². The van der Waals surface area contributed by atoms with Crippen molar-refractivity contribution in [1.29, 1.82) is 0 Å². The van der Waals surface area contributed by atoms with Crippen molar-refractivity contribution >= 4 is 11.6 Å². The molecule has 1 aromatic rings. The van der Waals surface area contributed by atoms with E-state index in [9.17, 15) is 0 Å². The lowest BCUT2D eigenvalue weighted by Gasteiger charge is -2.07. The van der Waals surface area contributed by atoms with E-state index in [1.807, 2.05) is 0 Å². The number of ether oxygens (including phenoxy) is 1. The molecule has 1 atom stereocenters. The highest BCUT2D eigenvalue weighted by molar-refractivity contribution is 6.30. The third kappa shape index (κ3) is 2.78. The maximum atomic E-state index is 8.82. The summed E-state index contributed by atoms with van der Waals surface area (Å²) in [7, 11) is 0. The fraction of sp³-hybridized carbons (Fsp3) is 0.250. The maximum absolute atomic E-state index is 8.82. The third-order valence-corrected chi connectivity index (χ3v) is 1.37. The molecule has 0 amide bonds. The van der Waals surface area contributed by atoms with Crippen LogP contribution >= 0.6 is 11.6 Å². The molecular formula is C8H9ClO2. The van der Waals surface area contributed by atoms with Gasteiger partial charge in [0.05, 0.1) is 0 Å². The van der Waals surface area contributed by atoms with Gasteiger partial charge in [0.1, 0.15) is 5.75 Å². The summed E-state index contributed by atoms with van der Waals surface area (Å²) in [6.07, 6.45) is -0.781. The van der Waals surface area contributed by atoms with Crippen molar-refractivity contribution in [1.82, 2.24) is 0 Å². The average Bonchev–Trinajstić information content (AvgIpc) is 1.93. The Morgan fingerprint density at radius 1 is 1.36 bits per heavy atom. The van der Waals surface area contributed by atoms with Gasteiger partial charge in [-0.15, -0.1) is 0 Å². The van der Waals surface area contributed by atoms with Gasteiger partial charge < -0.3 is 9.84 Å². The molecule has 2 nitrogen and oxygen atoms in total. The summed E-state index contributed by atoms with van der Waals surface area (Å²) >= 11 is 5.63. The maximum Gasteiger partial charge on any atom is 0.194 e. The van der Waals surface area contributed by atoms with E-state index >= 15 is 0 Å². The van der Waals surface area contributed by atoms with E-state index < -0.39 is 6.29 Å². The Morgan fingerprint density at radius 3 is 2.36 bits per heavy atom. The first kappa shape index (κ1) is 8.37. The Labute approximate surface area is 70.4 Å². The van der Waals surface area contributed by atoms with E-state index in [1.54, 1.807) is 31.2 Å². The van der Waals surface area contributed by atoms with Crippen LogP contribution in [0.1, 0.15) is 6.92 Å². The van der Waals surface area contributed by atoms with Crippen molar-refractivity contribution < 1.29 is 9.84 Å². The Hall–Kier alpha value is -0.730. The van der Waals surface area contributed by atoms with Crippen LogP contribution < -0.4 is 4.74 Å². The van der Waals surface area contributed by atoms with Crippen LogP contribution in [-0.2, 0) is 0 Å². The third-order valence-electron chi connectivity index (χ3n) is 1.12. The molecule has 0 aliphatic rings. The van der Waals surface area contributed by atoms with Gasteiger partial charge in [0.2, 0.25) is 0 Å². The monoisotopic (exact) mass is 172 g/mol. The molecule has 60 valence electrons. The minimum Gasteiger partial charge on any atom is -0.465 e. The quantitative estimate of drug-likeness (QED) is 0.692. The molecule has 11 heavy (non-hydrogen) atoms. The second-order valence-corrected chi connectivity index (χ2v) is 2.61. The zero-order chi connectivity index (χ0) is 8.27. The molecule has 0 radical (unpaired) electrons. The average molecular weight is 173 g/mol. The molecule has 0 spiro atoms. The smallest absolute Gasteiger partial charge is 0.194 e. The van der Waals surface area contributed by atoms with E-state index in [-0.39, 0.29) is 0 Å². The van der Waals surface area contributed by atoms with E-state index in [0.717, 1.165) is 0 Å². The van der Waals surface area contributed by atoms with Crippen LogP contribution in [0.5, 0.6) is 5.75 Å². The minimum atomic E-state index is -0.781. The zero-order valence-electron chi connectivity index (χ0n) is 6.12. The zero-order valence-corrected chi connectivity index (χ0v) is 6.88. The summed E-state index contributed by atoms with van der Waals surface area (Å²) in [6, 6.07) is 6.82. The molecule has 0 aliphatic heterocycles. The van der Waals surface area contributed by atoms with Gasteiger partial charge in [0, 0.05) is 5.02 Å². The number of hydrogen-bond donors (Lipinski definition) is 1. The lowest BCUT2D eigenvalue weighted by atomic mass is 10.3. The van der Waals surface area contributed by atoms with E-state index in [1.165, 1.54) is 0 Å². The molecule has 1 rings (SSSR count). The fourth-order valence-electron chi connectivity index (χ4n) is 0.710. The van der Waals surface area contributed by atoms with E-state index in [0.29, 0.717) is 10.8 Å². The minimum absolute atomic E-state index is 0.615. The van der Waals surface area contributed by atoms with Gasteiger partial charge in [-0.2, -0.15) is 0 Å². The molecule has 1 aromatic carbocycles. The van der Waals surface area contributed by atoms with Crippen molar-refractivity contribution in [2.45, 2.75) is 13.2 Å². The highest BCUT2D eigenvalue weighted by Gasteiger charge is 1.96. The normalized spacial score (nSPS) is 12.6. The second kappa shape index (κ2) is 3.60. The van der Waals surface area contributed by atoms with Crippen LogP contribution in [0.3, 0.4) is 0 Å². The van der Waals surface area contributed by atoms with E-state index in [4.69, 9.17) is 21.4 Å². The second-order valence-electron chi connectivity index (χ2n) is 2.17. The molecular weight excluding hydrogens is 164 g/mol. The van der Waals surface area contributed by atoms with Crippen molar-refractivity contribution in [2.24, 2.45) is 0 Å². The Kier molecular flexibility index (Phi) is 2.74.